The number of ether oxygens (including phenoxy) is 5. The summed E-state index contributed by atoms with van der Waals surface area (Å²) in [5, 5.41) is 23.2. The number of benzene rings is 1. The fraction of sp³-hybridized carbons (Fsp3) is 0.500. The molecule has 0 radical (unpaired) electrons. The maximum Gasteiger partial charge on any atom is 0.341 e. The molecular weight excluding hydrogens is 414 g/mol. The maximum absolute atomic E-state index is 12.0. The van der Waals surface area contributed by atoms with Crippen LogP contribution in [0.3, 0.4) is 0 Å². The molecule has 0 bridgehead atoms. The predicted octanol–water partition coefficient (Wildman–Crippen LogP) is -0.118. The average molecular weight is 433 g/mol. The lowest BCUT2D eigenvalue weighted by molar-refractivity contribution is -0.139. The van der Waals surface area contributed by atoms with Gasteiger partial charge in [0.2, 0.25) is 12.7 Å². The summed E-state index contributed by atoms with van der Waals surface area (Å²) in [5.41, 5.74) is 0. The predicted molar refractivity (Wildman–Crippen MR) is 97.8 cm³/mol. The number of amides is 1. The Kier molecular flexibility index (Phi) is 5.03. The van der Waals surface area contributed by atoms with Gasteiger partial charge in [0.15, 0.2) is 11.5 Å². The number of aromatic nitrogens is 4. The second kappa shape index (κ2) is 8.00. The molecule has 2 aromatic rings. The average Bonchev–Trinajstić information content (AvgIpc) is 3.52. The monoisotopic (exact) mass is 433 g/mol. The minimum Gasteiger partial charge on any atom is -0.481 e. The highest BCUT2D eigenvalue weighted by Crippen LogP contribution is 2.38. The van der Waals surface area contributed by atoms with Crippen molar-refractivity contribution in [2.45, 2.75) is 37.1 Å². The third kappa shape index (κ3) is 3.84. The van der Waals surface area contributed by atoms with E-state index in [1.165, 1.54) is 4.68 Å². The lowest BCUT2D eigenvalue weighted by Gasteiger charge is -2.18. The summed E-state index contributed by atoms with van der Waals surface area (Å²) in [6, 6.07) is 4.55. The van der Waals surface area contributed by atoms with E-state index in [4.69, 9.17) is 28.8 Å². The second-order valence-electron chi connectivity index (χ2n) is 7.25. The molecule has 5 rings (SSSR count). The van der Waals surface area contributed by atoms with Crippen LogP contribution in [-0.4, -0.2) is 75.4 Å². The van der Waals surface area contributed by atoms with Crippen LogP contribution in [0.2, 0.25) is 0 Å². The van der Waals surface area contributed by atoms with Crippen LogP contribution in [0.1, 0.15) is 18.9 Å². The summed E-state index contributed by atoms with van der Waals surface area (Å²) in [5.74, 6) is 0.294. The topological polar surface area (TPSA) is 156 Å². The van der Waals surface area contributed by atoms with Gasteiger partial charge in [0.1, 0.15) is 24.0 Å². The van der Waals surface area contributed by atoms with E-state index in [9.17, 15) is 9.59 Å². The molecule has 1 amide bonds. The first kappa shape index (κ1) is 19.5. The highest BCUT2D eigenvalue weighted by atomic mass is 16.7. The molecule has 2 unspecified atom stereocenters. The fourth-order valence-corrected chi connectivity index (χ4v) is 3.82. The standard InChI is InChI=1S/C18H19N5O8/c24-14(3-4-15(25)26)19-10-6-27-17-11(7-28-16(10)17)23-18(20-21-22-23)31-9-1-2-12-13(5-9)30-8-29-12/h1-2,5,10-11,16-17H,3-4,6-8H2,(H,19,24)(H,25,26)/t10-,11-,16?,17?/m0/s1. The van der Waals surface area contributed by atoms with Crippen molar-refractivity contribution in [2.75, 3.05) is 20.0 Å². The number of aliphatic carboxylic acids is 1. The zero-order chi connectivity index (χ0) is 21.4. The second-order valence-corrected chi connectivity index (χ2v) is 7.25. The van der Waals surface area contributed by atoms with E-state index >= 15 is 0 Å². The Morgan fingerprint density at radius 3 is 2.87 bits per heavy atom. The molecule has 3 aliphatic rings. The van der Waals surface area contributed by atoms with Crippen molar-refractivity contribution in [3.05, 3.63) is 18.2 Å². The molecule has 0 aliphatic carbocycles. The fourth-order valence-electron chi connectivity index (χ4n) is 3.82. The van der Waals surface area contributed by atoms with Crippen molar-refractivity contribution in [2.24, 2.45) is 0 Å². The van der Waals surface area contributed by atoms with E-state index in [0.717, 1.165) is 0 Å². The van der Waals surface area contributed by atoms with E-state index in [2.05, 4.69) is 20.8 Å². The maximum atomic E-state index is 12.0. The zero-order valence-corrected chi connectivity index (χ0v) is 16.2. The van der Waals surface area contributed by atoms with E-state index in [-0.39, 0.29) is 56.8 Å². The number of carbonyl (C=O) groups excluding carboxylic acids is 1. The van der Waals surface area contributed by atoms with Gasteiger partial charge >= 0.3 is 12.0 Å². The number of carbonyl (C=O) groups is 2. The van der Waals surface area contributed by atoms with Crippen LogP contribution >= 0.6 is 0 Å². The van der Waals surface area contributed by atoms with Crippen LogP contribution in [-0.2, 0) is 19.1 Å². The minimum atomic E-state index is -1.03. The summed E-state index contributed by atoms with van der Waals surface area (Å²) in [6.45, 7) is 0.662. The summed E-state index contributed by atoms with van der Waals surface area (Å²) in [4.78, 5) is 22.6. The van der Waals surface area contributed by atoms with Crippen LogP contribution < -0.4 is 19.5 Å². The number of tetrazole rings is 1. The molecule has 1 aromatic carbocycles. The van der Waals surface area contributed by atoms with Crippen LogP contribution in [0, 0.1) is 0 Å². The van der Waals surface area contributed by atoms with Crippen LogP contribution in [0.25, 0.3) is 0 Å². The van der Waals surface area contributed by atoms with Crippen LogP contribution in [0.4, 0.5) is 0 Å². The first-order valence-electron chi connectivity index (χ1n) is 9.68. The largest absolute Gasteiger partial charge is 0.481 e. The zero-order valence-electron chi connectivity index (χ0n) is 16.2. The molecular formula is C18H19N5O8. The third-order valence-corrected chi connectivity index (χ3v) is 5.27. The summed E-state index contributed by atoms with van der Waals surface area (Å²) in [7, 11) is 0. The molecule has 2 fully saturated rings. The van der Waals surface area contributed by atoms with E-state index in [1.807, 2.05) is 0 Å². The van der Waals surface area contributed by atoms with Crippen molar-refractivity contribution in [3.8, 4) is 23.3 Å². The summed E-state index contributed by atoms with van der Waals surface area (Å²) >= 11 is 0. The van der Waals surface area contributed by atoms with Crippen molar-refractivity contribution in [3.63, 3.8) is 0 Å². The molecule has 13 heteroatoms. The molecule has 3 aliphatic heterocycles. The van der Waals surface area contributed by atoms with Crippen LogP contribution in [0.15, 0.2) is 18.2 Å². The van der Waals surface area contributed by atoms with Gasteiger partial charge in [0, 0.05) is 12.5 Å². The molecule has 0 saturated carbocycles. The Morgan fingerprint density at radius 1 is 1.16 bits per heavy atom. The highest BCUT2D eigenvalue weighted by molar-refractivity contribution is 5.80. The van der Waals surface area contributed by atoms with Gasteiger partial charge in [-0.25, -0.2) is 0 Å². The molecule has 2 saturated heterocycles. The van der Waals surface area contributed by atoms with E-state index in [0.29, 0.717) is 17.2 Å². The molecule has 2 N–H and O–H groups in total. The molecule has 164 valence electrons. The number of nitrogens with one attached hydrogen (secondary N) is 1. The molecule has 13 nitrogen and oxygen atoms in total. The number of nitrogens with zero attached hydrogens (tertiary/aromatic N) is 4. The quantitative estimate of drug-likeness (QED) is 0.600. The number of hydrogen-bond acceptors (Lipinski definition) is 10. The van der Waals surface area contributed by atoms with Gasteiger partial charge < -0.3 is 34.1 Å². The number of carboxylic acid groups (broad SMARTS) is 1. The summed E-state index contributed by atoms with van der Waals surface area (Å²) < 4.78 is 29.7. The van der Waals surface area contributed by atoms with Crippen molar-refractivity contribution < 1.29 is 38.4 Å². The number of carboxylic acids is 1. The summed E-state index contributed by atoms with van der Waals surface area (Å²) in [6.07, 6.45) is -1.14. The van der Waals surface area contributed by atoms with Crippen LogP contribution in [0.5, 0.6) is 23.3 Å². The molecule has 1 aromatic heterocycles. The smallest absolute Gasteiger partial charge is 0.341 e. The molecule has 4 atom stereocenters. The van der Waals surface area contributed by atoms with E-state index in [1.54, 1.807) is 18.2 Å². The number of fused-ring (bicyclic) bond motifs is 2. The Morgan fingerprint density at radius 2 is 2.00 bits per heavy atom. The van der Waals surface area contributed by atoms with E-state index < -0.39 is 18.2 Å². The SMILES string of the molecule is O=C(O)CCC(=O)N[C@H]1COC2C1OC[C@@H]2n1nnnc1Oc1ccc2c(c1)OCO2. The van der Waals surface area contributed by atoms with Crippen molar-refractivity contribution >= 4 is 11.9 Å². The Hall–Kier alpha value is -3.45. The third-order valence-electron chi connectivity index (χ3n) is 5.27. The van der Waals surface area contributed by atoms with Crippen molar-refractivity contribution in [1.29, 1.82) is 0 Å². The minimum absolute atomic E-state index is 0.104. The van der Waals surface area contributed by atoms with Gasteiger partial charge in [-0.05, 0) is 22.6 Å². The first-order chi connectivity index (χ1) is 15.1. The lowest BCUT2D eigenvalue weighted by Crippen LogP contribution is -2.44. The Bertz CT molecular complexity index is 997. The lowest BCUT2D eigenvalue weighted by atomic mass is 10.1. The van der Waals surface area contributed by atoms with Gasteiger partial charge in [0.25, 0.3) is 0 Å². The Labute approximate surface area is 175 Å². The van der Waals surface area contributed by atoms with Gasteiger partial charge in [-0.2, -0.15) is 4.68 Å². The Balaban J connectivity index is 1.25. The van der Waals surface area contributed by atoms with Gasteiger partial charge in [-0.3, -0.25) is 9.59 Å². The first-order valence-corrected chi connectivity index (χ1v) is 9.68. The van der Waals surface area contributed by atoms with Crippen molar-refractivity contribution in [1.82, 2.24) is 25.5 Å². The molecule has 31 heavy (non-hydrogen) atoms. The van der Waals surface area contributed by atoms with Gasteiger partial charge in [-0.15, -0.1) is 0 Å². The van der Waals surface area contributed by atoms with Gasteiger partial charge in [-0.1, -0.05) is 5.10 Å². The normalized spacial score (nSPS) is 25.9. The number of rotatable bonds is 7. The highest BCUT2D eigenvalue weighted by Gasteiger charge is 2.50. The van der Waals surface area contributed by atoms with Gasteiger partial charge in [0.05, 0.1) is 25.7 Å². The molecule has 4 heterocycles. The number of hydrogen-bond donors (Lipinski definition) is 2. The molecule has 0 spiro atoms.